The Labute approximate surface area is 158 Å². The van der Waals surface area contributed by atoms with E-state index in [0.29, 0.717) is 5.69 Å². The van der Waals surface area contributed by atoms with E-state index in [0.717, 1.165) is 25.2 Å². The minimum atomic E-state index is -0.340. The molecule has 0 aliphatic carbocycles. The number of aromatic nitrogens is 2. The van der Waals surface area contributed by atoms with Gasteiger partial charge in [-0.3, -0.25) is 9.69 Å². The second kappa shape index (κ2) is 7.17. The average Bonchev–Trinajstić information content (AvgIpc) is 3.10. The van der Waals surface area contributed by atoms with Crippen LogP contribution in [0.15, 0.2) is 54.7 Å². The third kappa shape index (κ3) is 3.52. The highest BCUT2D eigenvalue weighted by molar-refractivity contribution is 5.96. The van der Waals surface area contributed by atoms with Crippen LogP contribution >= 0.6 is 0 Å². The molecule has 1 aliphatic rings. The Bertz CT molecular complexity index is 976. The molecule has 3 N–H and O–H groups in total. The smallest absolute Gasteiger partial charge is 0.273 e. The van der Waals surface area contributed by atoms with Crippen molar-refractivity contribution in [1.29, 1.82) is 0 Å². The van der Waals surface area contributed by atoms with Crippen molar-refractivity contribution in [3.63, 3.8) is 0 Å². The first-order valence-electron chi connectivity index (χ1n) is 8.87. The number of carbonyl (C=O) groups is 1. The SMILES string of the molecule is CNC(=O)c1nc(-c2cccc(CN3Cc4ccccc4C3)c2)cnc1N. The number of carbonyl (C=O) groups excluding carboxylic acids is 1. The van der Waals surface area contributed by atoms with E-state index in [1.807, 2.05) is 12.1 Å². The van der Waals surface area contributed by atoms with Crippen LogP contribution in [0.25, 0.3) is 11.3 Å². The molecule has 1 aliphatic heterocycles. The van der Waals surface area contributed by atoms with Gasteiger partial charge in [0.2, 0.25) is 0 Å². The second-order valence-corrected chi connectivity index (χ2v) is 6.68. The van der Waals surface area contributed by atoms with Crippen molar-refractivity contribution in [1.82, 2.24) is 20.2 Å². The molecule has 0 radical (unpaired) electrons. The minimum Gasteiger partial charge on any atom is -0.382 e. The van der Waals surface area contributed by atoms with Crippen molar-refractivity contribution in [3.05, 3.63) is 77.1 Å². The lowest BCUT2D eigenvalue weighted by atomic mass is 10.1. The van der Waals surface area contributed by atoms with Gasteiger partial charge in [0.15, 0.2) is 11.5 Å². The lowest BCUT2D eigenvalue weighted by Crippen LogP contribution is -2.21. The highest BCUT2D eigenvalue weighted by atomic mass is 16.1. The van der Waals surface area contributed by atoms with E-state index in [4.69, 9.17) is 5.73 Å². The van der Waals surface area contributed by atoms with Crippen LogP contribution in [-0.2, 0) is 19.6 Å². The predicted octanol–water partition coefficient (Wildman–Crippen LogP) is 2.60. The standard InChI is InChI=1S/C21H21N5O/c1-23-21(27)19-20(22)24-10-18(25-19)15-8-4-5-14(9-15)11-26-12-16-6-2-3-7-17(16)13-26/h2-10H,11-13H2,1H3,(H2,22,24)(H,23,27). The van der Waals surface area contributed by atoms with Crippen molar-refractivity contribution >= 4 is 11.7 Å². The normalized spacial score (nSPS) is 13.4. The van der Waals surface area contributed by atoms with Gasteiger partial charge in [0, 0.05) is 32.2 Å². The fraction of sp³-hybridized carbons (Fsp3) is 0.190. The number of anilines is 1. The van der Waals surface area contributed by atoms with Gasteiger partial charge in [-0.2, -0.15) is 0 Å². The van der Waals surface area contributed by atoms with E-state index in [2.05, 4.69) is 56.6 Å². The molecule has 0 spiro atoms. The number of rotatable bonds is 4. The minimum absolute atomic E-state index is 0.129. The zero-order chi connectivity index (χ0) is 18.8. The van der Waals surface area contributed by atoms with Crippen molar-refractivity contribution in [2.75, 3.05) is 12.8 Å². The summed E-state index contributed by atoms with van der Waals surface area (Å²) in [4.78, 5) is 22.9. The van der Waals surface area contributed by atoms with Gasteiger partial charge >= 0.3 is 0 Å². The molecule has 0 saturated carbocycles. The molecule has 6 nitrogen and oxygen atoms in total. The summed E-state index contributed by atoms with van der Waals surface area (Å²) in [6.07, 6.45) is 1.60. The summed E-state index contributed by atoms with van der Waals surface area (Å²) in [5, 5.41) is 2.54. The first-order chi connectivity index (χ1) is 13.1. The monoisotopic (exact) mass is 359 g/mol. The summed E-state index contributed by atoms with van der Waals surface area (Å²) in [5.41, 5.74) is 11.5. The van der Waals surface area contributed by atoms with Gasteiger partial charge in [-0.05, 0) is 22.8 Å². The third-order valence-corrected chi connectivity index (χ3v) is 4.78. The molecule has 1 aromatic heterocycles. The van der Waals surface area contributed by atoms with E-state index in [-0.39, 0.29) is 17.4 Å². The number of benzene rings is 2. The van der Waals surface area contributed by atoms with Gasteiger partial charge in [0.25, 0.3) is 5.91 Å². The Balaban J connectivity index is 1.56. The highest BCUT2D eigenvalue weighted by Crippen LogP contribution is 2.25. The Morgan fingerprint density at radius 1 is 1.15 bits per heavy atom. The predicted molar refractivity (Wildman–Crippen MR) is 105 cm³/mol. The van der Waals surface area contributed by atoms with E-state index in [1.165, 1.54) is 16.7 Å². The Kier molecular flexibility index (Phi) is 4.56. The quantitative estimate of drug-likeness (QED) is 0.748. The second-order valence-electron chi connectivity index (χ2n) is 6.68. The number of fused-ring (bicyclic) bond motifs is 1. The molecule has 0 unspecified atom stereocenters. The van der Waals surface area contributed by atoms with Crippen LogP contribution in [0.5, 0.6) is 0 Å². The molecule has 4 rings (SSSR count). The van der Waals surface area contributed by atoms with E-state index < -0.39 is 0 Å². The third-order valence-electron chi connectivity index (χ3n) is 4.78. The first kappa shape index (κ1) is 17.2. The molecule has 2 heterocycles. The van der Waals surface area contributed by atoms with Gasteiger partial charge < -0.3 is 11.1 Å². The maximum Gasteiger partial charge on any atom is 0.273 e. The number of hydrogen-bond donors (Lipinski definition) is 2. The van der Waals surface area contributed by atoms with Crippen LogP contribution in [0.4, 0.5) is 5.82 Å². The van der Waals surface area contributed by atoms with Gasteiger partial charge in [-0.1, -0.05) is 42.5 Å². The number of hydrogen-bond acceptors (Lipinski definition) is 5. The largest absolute Gasteiger partial charge is 0.382 e. The summed E-state index contributed by atoms with van der Waals surface area (Å²) >= 11 is 0. The topological polar surface area (TPSA) is 84.1 Å². The van der Waals surface area contributed by atoms with Crippen LogP contribution in [-0.4, -0.2) is 27.8 Å². The molecule has 1 amide bonds. The lowest BCUT2D eigenvalue weighted by Gasteiger charge is -2.15. The Hall–Kier alpha value is -3.25. The maximum atomic E-state index is 11.9. The molecule has 0 saturated heterocycles. The summed E-state index contributed by atoms with van der Waals surface area (Å²) in [7, 11) is 1.55. The molecule has 0 atom stereocenters. The molecule has 27 heavy (non-hydrogen) atoms. The van der Waals surface area contributed by atoms with E-state index in [1.54, 1.807) is 13.2 Å². The van der Waals surface area contributed by atoms with Crippen LogP contribution < -0.4 is 11.1 Å². The van der Waals surface area contributed by atoms with Crippen LogP contribution in [0.3, 0.4) is 0 Å². The maximum absolute atomic E-state index is 11.9. The summed E-state index contributed by atoms with van der Waals surface area (Å²) in [6, 6.07) is 16.7. The number of nitrogens with zero attached hydrogens (tertiary/aromatic N) is 3. The van der Waals surface area contributed by atoms with Crippen molar-refractivity contribution in [2.45, 2.75) is 19.6 Å². The summed E-state index contributed by atoms with van der Waals surface area (Å²) < 4.78 is 0. The highest BCUT2D eigenvalue weighted by Gasteiger charge is 2.18. The van der Waals surface area contributed by atoms with Gasteiger partial charge in [0.05, 0.1) is 11.9 Å². The summed E-state index contributed by atoms with van der Waals surface area (Å²) in [6.45, 7) is 2.78. The van der Waals surface area contributed by atoms with Gasteiger partial charge in [-0.25, -0.2) is 9.97 Å². The first-order valence-corrected chi connectivity index (χ1v) is 8.87. The van der Waals surface area contributed by atoms with Gasteiger partial charge in [0.1, 0.15) is 0 Å². The van der Waals surface area contributed by atoms with Crippen molar-refractivity contribution < 1.29 is 4.79 Å². The zero-order valence-electron chi connectivity index (χ0n) is 15.1. The molecular weight excluding hydrogens is 338 g/mol. The molecule has 2 aromatic carbocycles. The molecule has 0 fully saturated rings. The van der Waals surface area contributed by atoms with E-state index >= 15 is 0 Å². The Morgan fingerprint density at radius 3 is 2.59 bits per heavy atom. The fourth-order valence-electron chi connectivity index (χ4n) is 3.43. The average molecular weight is 359 g/mol. The lowest BCUT2D eigenvalue weighted by molar-refractivity contribution is 0.0959. The summed E-state index contributed by atoms with van der Waals surface area (Å²) in [5.74, 6) is -0.211. The molecule has 6 heteroatoms. The van der Waals surface area contributed by atoms with Crippen LogP contribution in [0.2, 0.25) is 0 Å². The van der Waals surface area contributed by atoms with Crippen molar-refractivity contribution in [2.24, 2.45) is 0 Å². The molecule has 0 bridgehead atoms. The van der Waals surface area contributed by atoms with Crippen LogP contribution in [0, 0.1) is 0 Å². The number of nitrogen functional groups attached to an aromatic ring is 1. The number of amides is 1. The van der Waals surface area contributed by atoms with Crippen LogP contribution in [0.1, 0.15) is 27.2 Å². The number of nitrogens with one attached hydrogen (secondary N) is 1. The zero-order valence-corrected chi connectivity index (χ0v) is 15.1. The Morgan fingerprint density at radius 2 is 1.89 bits per heavy atom. The molecule has 136 valence electrons. The molecular formula is C21H21N5O. The van der Waals surface area contributed by atoms with Crippen molar-refractivity contribution in [3.8, 4) is 11.3 Å². The fourth-order valence-corrected chi connectivity index (χ4v) is 3.43. The number of nitrogens with two attached hydrogens (primary N) is 1. The van der Waals surface area contributed by atoms with Gasteiger partial charge in [-0.15, -0.1) is 0 Å². The molecule has 3 aromatic rings. The van der Waals surface area contributed by atoms with E-state index in [9.17, 15) is 4.79 Å².